The Morgan fingerprint density at radius 3 is 2.22 bits per heavy atom. The summed E-state index contributed by atoms with van der Waals surface area (Å²) in [6.07, 6.45) is -4.77. The van der Waals surface area contributed by atoms with Crippen molar-refractivity contribution in [2.45, 2.75) is 11.1 Å². The van der Waals surface area contributed by atoms with Crippen molar-refractivity contribution in [2.24, 2.45) is 5.14 Å². The number of alkyl halides is 3. The number of nitrogens with zero attached hydrogens (tertiary/aromatic N) is 3. The summed E-state index contributed by atoms with van der Waals surface area (Å²) in [5.41, 5.74) is 1.11. The molecule has 0 saturated carbocycles. The summed E-state index contributed by atoms with van der Waals surface area (Å²) in [5, 5.41) is 5.28. The van der Waals surface area contributed by atoms with Crippen molar-refractivity contribution in [3.8, 4) is 22.4 Å². The number of rotatable bonds is 4. The van der Waals surface area contributed by atoms with Gasteiger partial charge >= 0.3 is 6.18 Å². The molecule has 0 aliphatic carbocycles. The predicted molar refractivity (Wildman–Crippen MR) is 112 cm³/mol. The first-order valence-corrected chi connectivity index (χ1v) is 11.2. The zero-order valence-corrected chi connectivity index (χ0v) is 17.5. The Hall–Kier alpha value is -3.02. The largest absolute Gasteiger partial charge is 0.451 e. The van der Waals surface area contributed by atoms with Crippen LogP contribution in [0.3, 0.4) is 0 Å². The highest BCUT2D eigenvalue weighted by Gasteiger charge is 2.37. The van der Waals surface area contributed by atoms with Crippen molar-refractivity contribution in [1.29, 1.82) is 0 Å². The van der Waals surface area contributed by atoms with Crippen LogP contribution in [0.1, 0.15) is 5.82 Å². The van der Waals surface area contributed by atoms with Crippen molar-refractivity contribution in [3.63, 3.8) is 0 Å². The Labute approximate surface area is 182 Å². The van der Waals surface area contributed by atoms with E-state index in [1.54, 1.807) is 41.3 Å². The molecule has 4 rings (SSSR count). The smallest absolute Gasteiger partial charge is 0.378 e. The summed E-state index contributed by atoms with van der Waals surface area (Å²) < 4.78 is 70.3. The maximum atomic E-state index is 13.7. The third-order valence-electron chi connectivity index (χ3n) is 4.95. The molecule has 1 aromatic heterocycles. The maximum Gasteiger partial charge on any atom is 0.451 e. The molecule has 0 radical (unpaired) electrons. The molecule has 3 aromatic rings. The average Bonchev–Trinajstić information content (AvgIpc) is 2.78. The van der Waals surface area contributed by atoms with Gasteiger partial charge in [-0.25, -0.2) is 23.5 Å². The minimum Gasteiger partial charge on any atom is -0.378 e. The highest BCUT2D eigenvalue weighted by atomic mass is 32.2. The lowest BCUT2D eigenvalue weighted by molar-refractivity contribution is -0.144. The van der Waals surface area contributed by atoms with E-state index < -0.39 is 22.0 Å². The number of sulfonamides is 1. The van der Waals surface area contributed by atoms with E-state index in [9.17, 15) is 21.6 Å². The molecule has 1 saturated heterocycles. The summed E-state index contributed by atoms with van der Waals surface area (Å²) >= 11 is 0. The first kappa shape index (κ1) is 22.2. The number of halogens is 3. The van der Waals surface area contributed by atoms with E-state index >= 15 is 0 Å². The molecule has 1 fully saturated rings. The number of primary sulfonamides is 1. The number of morpholine rings is 1. The second-order valence-electron chi connectivity index (χ2n) is 7.13. The van der Waals surface area contributed by atoms with Gasteiger partial charge in [-0.3, -0.25) is 0 Å². The number of ether oxygens (including phenoxy) is 1. The van der Waals surface area contributed by atoms with Crippen LogP contribution in [-0.4, -0.2) is 44.7 Å². The third kappa shape index (κ3) is 4.59. The standard InChI is InChI=1S/C21H19F3N4O3S/c22-21(23,24)20-26-18(14-5-2-1-3-6-14)17(19(27-20)28-9-11-31-12-10-28)15-7-4-8-16(13-15)32(25,29)30/h1-8,13H,9-12H2,(H2,25,29,30). The lowest BCUT2D eigenvalue weighted by Crippen LogP contribution is -2.37. The molecule has 2 heterocycles. The minimum atomic E-state index is -4.77. The van der Waals surface area contributed by atoms with Crippen LogP contribution < -0.4 is 10.0 Å². The molecule has 0 bridgehead atoms. The van der Waals surface area contributed by atoms with E-state index in [4.69, 9.17) is 9.88 Å². The van der Waals surface area contributed by atoms with E-state index in [1.807, 2.05) is 0 Å². The Morgan fingerprint density at radius 2 is 1.59 bits per heavy atom. The van der Waals surface area contributed by atoms with Gasteiger partial charge in [0.1, 0.15) is 5.82 Å². The van der Waals surface area contributed by atoms with Crippen molar-refractivity contribution < 1.29 is 26.3 Å². The number of hydrogen-bond acceptors (Lipinski definition) is 6. The van der Waals surface area contributed by atoms with Gasteiger partial charge in [0, 0.05) is 18.7 Å². The second kappa shape index (κ2) is 8.49. The van der Waals surface area contributed by atoms with Gasteiger partial charge in [0.05, 0.1) is 29.4 Å². The van der Waals surface area contributed by atoms with Crippen molar-refractivity contribution >= 4 is 15.8 Å². The van der Waals surface area contributed by atoms with Gasteiger partial charge in [0.25, 0.3) is 0 Å². The van der Waals surface area contributed by atoms with Gasteiger partial charge in [0.15, 0.2) is 0 Å². The normalized spacial score (nSPS) is 15.1. The first-order chi connectivity index (χ1) is 15.1. The van der Waals surface area contributed by atoms with Gasteiger partial charge < -0.3 is 9.64 Å². The van der Waals surface area contributed by atoms with Gasteiger partial charge in [-0.1, -0.05) is 42.5 Å². The number of anilines is 1. The van der Waals surface area contributed by atoms with Crippen molar-refractivity contribution in [3.05, 3.63) is 60.4 Å². The van der Waals surface area contributed by atoms with Crippen LogP contribution in [-0.2, 0) is 20.9 Å². The molecule has 7 nitrogen and oxygen atoms in total. The Kier molecular flexibility index (Phi) is 5.89. The SMILES string of the molecule is NS(=O)(=O)c1cccc(-c2c(-c3ccccc3)nc(C(F)(F)F)nc2N2CCOCC2)c1. The molecular weight excluding hydrogens is 445 g/mol. The van der Waals surface area contributed by atoms with Crippen molar-refractivity contribution in [1.82, 2.24) is 9.97 Å². The Morgan fingerprint density at radius 1 is 0.938 bits per heavy atom. The zero-order valence-electron chi connectivity index (χ0n) is 16.7. The fraction of sp³-hybridized carbons (Fsp3) is 0.238. The van der Waals surface area contributed by atoms with Gasteiger partial charge in [-0.05, 0) is 17.7 Å². The summed E-state index contributed by atoms with van der Waals surface area (Å²) in [4.78, 5) is 9.26. The molecule has 0 spiro atoms. The van der Waals surface area contributed by atoms with E-state index in [0.29, 0.717) is 37.4 Å². The number of hydrogen-bond donors (Lipinski definition) is 1. The average molecular weight is 464 g/mol. The molecule has 32 heavy (non-hydrogen) atoms. The van der Waals surface area contributed by atoms with Gasteiger partial charge in [-0.2, -0.15) is 13.2 Å². The number of nitrogens with two attached hydrogens (primary N) is 1. The third-order valence-corrected chi connectivity index (χ3v) is 5.86. The molecular formula is C21H19F3N4O3S. The molecule has 0 amide bonds. The second-order valence-corrected chi connectivity index (χ2v) is 8.69. The molecule has 11 heteroatoms. The van der Waals surface area contributed by atoms with Gasteiger partial charge in [-0.15, -0.1) is 0 Å². The molecule has 2 N–H and O–H groups in total. The van der Waals surface area contributed by atoms with Crippen LogP contribution in [0.15, 0.2) is 59.5 Å². The van der Waals surface area contributed by atoms with Crippen LogP contribution >= 0.6 is 0 Å². The van der Waals surface area contributed by atoms with E-state index in [0.717, 1.165) is 0 Å². The topological polar surface area (TPSA) is 98.4 Å². The van der Waals surface area contributed by atoms with Gasteiger partial charge in [0.2, 0.25) is 15.8 Å². The predicted octanol–water partition coefficient (Wildman–Crippen LogP) is 3.31. The summed E-state index contributed by atoms with van der Waals surface area (Å²) in [6, 6.07) is 14.1. The molecule has 0 atom stereocenters. The summed E-state index contributed by atoms with van der Waals surface area (Å²) in [5.74, 6) is -1.22. The van der Waals surface area contributed by atoms with E-state index in [1.165, 1.54) is 18.2 Å². The Balaban J connectivity index is 2.06. The summed E-state index contributed by atoms with van der Waals surface area (Å²) in [7, 11) is -4.03. The van der Waals surface area contributed by atoms with Crippen LogP contribution in [0, 0.1) is 0 Å². The van der Waals surface area contributed by atoms with Crippen LogP contribution in [0.4, 0.5) is 19.0 Å². The van der Waals surface area contributed by atoms with Crippen molar-refractivity contribution in [2.75, 3.05) is 31.2 Å². The number of aromatic nitrogens is 2. The molecule has 168 valence electrons. The minimum absolute atomic E-state index is 0.0426. The highest BCUT2D eigenvalue weighted by Crippen LogP contribution is 2.41. The number of benzene rings is 2. The fourth-order valence-electron chi connectivity index (χ4n) is 3.48. The zero-order chi connectivity index (χ0) is 22.9. The monoisotopic (exact) mass is 464 g/mol. The molecule has 1 aliphatic rings. The lowest BCUT2D eigenvalue weighted by Gasteiger charge is -2.31. The Bertz CT molecular complexity index is 1230. The molecule has 0 unspecified atom stereocenters. The molecule has 2 aromatic carbocycles. The van der Waals surface area contributed by atoms with Crippen LogP contribution in [0.2, 0.25) is 0 Å². The lowest BCUT2D eigenvalue weighted by atomic mass is 9.98. The van der Waals surface area contributed by atoms with E-state index in [-0.39, 0.29) is 22.0 Å². The van der Waals surface area contributed by atoms with Crippen LogP contribution in [0.5, 0.6) is 0 Å². The quantitative estimate of drug-likeness (QED) is 0.636. The van der Waals surface area contributed by atoms with E-state index in [2.05, 4.69) is 9.97 Å². The molecule has 1 aliphatic heterocycles. The first-order valence-electron chi connectivity index (χ1n) is 9.65. The fourth-order valence-corrected chi connectivity index (χ4v) is 4.04. The highest BCUT2D eigenvalue weighted by molar-refractivity contribution is 7.89. The summed E-state index contributed by atoms with van der Waals surface area (Å²) in [6.45, 7) is 1.29. The maximum absolute atomic E-state index is 13.7. The van der Waals surface area contributed by atoms with Crippen LogP contribution in [0.25, 0.3) is 22.4 Å².